The first-order valence-electron chi connectivity index (χ1n) is 15.8. The molecule has 0 saturated carbocycles. The molecule has 0 aliphatic heterocycles. The number of hydrogen-bond donors (Lipinski definition) is 0. The molecule has 0 aliphatic rings. The third-order valence-corrected chi connectivity index (χ3v) is 7.65. The van der Waals surface area contributed by atoms with E-state index in [0.29, 0.717) is 0 Å². The lowest BCUT2D eigenvalue weighted by molar-refractivity contribution is 0.781. The highest BCUT2D eigenvalue weighted by atomic mass is 14.8. The van der Waals surface area contributed by atoms with Crippen LogP contribution >= 0.6 is 0 Å². The Bertz CT molecular complexity index is 1120. The Morgan fingerprint density at radius 3 is 1.10 bits per heavy atom. The van der Waals surface area contributed by atoms with Crippen molar-refractivity contribution in [3.8, 4) is 0 Å². The molecule has 1 heterocycles. The number of nitrogens with zero attached hydrogens (tertiary/aromatic N) is 3. The van der Waals surface area contributed by atoms with Crippen molar-refractivity contribution in [2.45, 2.75) is 119 Å². The minimum atomic E-state index is 0.921. The maximum absolute atomic E-state index is 5.23. The topological polar surface area (TPSA) is 37.6 Å². The predicted octanol–water partition coefficient (Wildman–Crippen LogP) is 10.7. The molecule has 0 bridgehead atoms. The number of aryl methyl sites for hydroxylation is 4. The number of para-hydroxylation sites is 2. The van der Waals surface area contributed by atoms with Gasteiger partial charge in [0.1, 0.15) is 0 Å². The van der Waals surface area contributed by atoms with E-state index in [1.54, 1.807) is 0 Å². The molecule has 3 nitrogen and oxygen atoms in total. The van der Waals surface area contributed by atoms with E-state index < -0.39 is 0 Å². The summed E-state index contributed by atoms with van der Waals surface area (Å²) in [4.78, 5) is 15.5. The number of rotatable bonds is 16. The van der Waals surface area contributed by atoms with Crippen LogP contribution in [0.3, 0.4) is 0 Å². The van der Waals surface area contributed by atoms with Gasteiger partial charge in [-0.2, -0.15) is 0 Å². The summed E-state index contributed by atoms with van der Waals surface area (Å²) in [5, 5.41) is 0. The zero-order valence-corrected chi connectivity index (χ0v) is 26.0. The number of pyridine rings is 1. The van der Waals surface area contributed by atoms with Crippen LogP contribution in [-0.2, 0) is 25.7 Å². The van der Waals surface area contributed by atoms with Gasteiger partial charge in [-0.15, -0.1) is 0 Å². The quantitative estimate of drug-likeness (QED) is 0.167. The Morgan fingerprint density at radius 1 is 0.500 bits per heavy atom. The van der Waals surface area contributed by atoms with Crippen molar-refractivity contribution >= 4 is 22.8 Å². The van der Waals surface area contributed by atoms with Gasteiger partial charge >= 0.3 is 0 Å². The molecule has 3 heteroatoms. The molecule has 0 amide bonds. The molecule has 0 fully saturated rings. The monoisotopic (exact) mass is 537 g/mol. The highest BCUT2D eigenvalue weighted by molar-refractivity contribution is 6.02. The van der Waals surface area contributed by atoms with Crippen LogP contribution in [0.4, 0.5) is 11.4 Å². The van der Waals surface area contributed by atoms with Crippen molar-refractivity contribution in [3.63, 3.8) is 0 Å². The van der Waals surface area contributed by atoms with Gasteiger partial charge in [0.15, 0.2) is 0 Å². The molecule has 214 valence electrons. The summed E-state index contributed by atoms with van der Waals surface area (Å²) in [6.45, 7) is 13.2. The fraction of sp³-hybridized carbons (Fsp3) is 0.486. The lowest BCUT2D eigenvalue weighted by Crippen LogP contribution is -2.06. The first kappa shape index (κ1) is 31.5. The average molecular weight is 538 g/mol. The number of aliphatic imine (C=N–C) groups is 2. The highest BCUT2D eigenvalue weighted by Gasteiger charge is 2.12. The molecule has 2 aromatic carbocycles. The van der Waals surface area contributed by atoms with E-state index in [-0.39, 0.29) is 0 Å². The van der Waals surface area contributed by atoms with E-state index in [0.717, 1.165) is 59.9 Å². The summed E-state index contributed by atoms with van der Waals surface area (Å²) in [6, 6.07) is 19.7. The molecule has 40 heavy (non-hydrogen) atoms. The fourth-order valence-corrected chi connectivity index (χ4v) is 5.14. The first-order chi connectivity index (χ1) is 19.5. The van der Waals surface area contributed by atoms with Crippen molar-refractivity contribution < 1.29 is 0 Å². The maximum Gasteiger partial charge on any atom is 0.0849 e. The molecular formula is C37H51N3. The second-order valence-corrected chi connectivity index (χ2v) is 11.1. The zero-order valence-electron chi connectivity index (χ0n) is 26.0. The molecule has 0 radical (unpaired) electrons. The van der Waals surface area contributed by atoms with Crippen molar-refractivity contribution in [1.29, 1.82) is 0 Å². The summed E-state index contributed by atoms with van der Waals surface area (Å²) in [5.41, 5.74) is 11.5. The van der Waals surface area contributed by atoms with E-state index >= 15 is 0 Å². The Balaban J connectivity index is 2.00. The molecule has 0 unspecified atom stereocenters. The number of hydrogen-bond acceptors (Lipinski definition) is 3. The lowest BCUT2D eigenvalue weighted by atomic mass is 9.98. The second-order valence-electron chi connectivity index (χ2n) is 11.1. The maximum atomic E-state index is 5.23. The van der Waals surface area contributed by atoms with E-state index in [9.17, 15) is 0 Å². The first-order valence-corrected chi connectivity index (χ1v) is 15.8. The molecule has 0 saturated heterocycles. The fourth-order valence-electron chi connectivity index (χ4n) is 5.14. The molecule has 0 N–H and O–H groups in total. The van der Waals surface area contributed by atoms with Crippen LogP contribution in [0.1, 0.15) is 127 Å². The number of unbranched alkanes of at least 4 members (excludes halogenated alkanes) is 4. The van der Waals surface area contributed by atoms with Crippen LogP contribution in [0, 0.1) is 0 Å². The third-order valence-electron chi connectivity index (χ3n) is 7.65. The second kappa shape index (κ2) is 16.9. The van der Waals surface area contributed by atoms with Crippen LogP contribution in [0.5, 0.6) is 0 Å². The molecule has 3 rings (SSSR count). The normalized spacial score (nSPS) is 12.2. The standard InChI is InChI=1S/C37H51N3/c1-7-11-18-30-22-15-23-31(19-12-8-2)36(30)38-28(5)34-26-17-27-35(40-34)29(6)39-37-32(20-13-9-3)24-16-25-33(37)21-14-10-4/h15-17,22-27H,7-14,18-21H2,1-6H3. The van der Waals surface area contributed by atoms with Gasteiger partial charge in [0.2, 0.25) is 0 Å². The molecule has 0 atom stereocenters. The minimum absolute atomic E-state index is 0.921. The summed E-state index contributed by atoms with van der Waals surface area (Å²) in [7, 11) is 0. The Kier molecular flexibility index (Phi) is 13.3. The van der Waals surface area contributed by atoms with Crippen LogP contribution in [0.15, 0.2) is 64.6 Å². The molecule has 1 aromatic heterocycles. The average Bonchev–Trinajstić information content (AvgIpc) is 2.98. The summed E-state index contributed by atoms with van der Waals surface area (Å²) in [5.74, 6) is 0. The zero-order chi connectivity index (χ0) is 28.7. The van der Waals surface area contributed by atoms with Gasteiger partial charge in [-0.25, -0.2) is 4.98 Å². The van der Waals surface area contributed by atoms with Crippen molar-refractivity contribution in [1.82, 2.24) is 4.98 Å². The minimum Gasteiger partial charge on any atom is -0.251 e. The van der Waals surface area contributed by atoms with Crippen LogP contribution < -0.4 is 0 Å². The van der Waals surface area contributed by atoms with E-state index in [1.807, 2.05) is 0 Å². The lowest BCUT2D eigenvalue weighted by Gasteiger charge is -2.14. The van der Waals surface area contributed by atoms with Gasteiger partial charge in [0.05, 0.1) is 34.2 Å². The van der Waals surface area contributed by atoms with Gasteiger partial charge < -0.3 is 0 Å². The highest BCUT2D eigenvalue weighted by Crippen LogP contribution is 2.30. The molecule has 0 aliphatic carbocycles. The van der Waals surface area contributed by atoms with Crippen molar-refractivity contribution in [3.05, 3.63) is 88.2 Å². The largest absolute Gasteiger partial charge is 0.251 e. The third kappa shape index (κ3) is 8.98. The molecule has 0 spiro atoms. The number of benzene rings is 2. The van der Waals surface area contributed by atoms with Crippen molar-refractivity contribution in [2.24, 2.45) is 9.98 Å². The van der Waals surface area contributed by atoms with Gasteiger partial charge in [-0.3, -0.25) is 9.98 Å². The van der Waals surface area contributed by atoms with Crippen LogP contribution in [0.2, 0.25) is 0 Å². The summed E-state index contributed by atoms with van der Waals surface area (Å²) >= 11 is 0. The van der Waals surface area contributed by atoms with Gasteiger partial charge in [0.25, 0.3) is 0 Å². The van der Waals surface area contributed by atoms with Gasteiger partial charge in [-0.1, -0.05) is 95.8 Å². The summed E-state index contributed by atoms with van der Waals surface area (Å²) < 4.78 is 0. The van der Waals surface area contributed by atoms with Gasteiger partial charge in [0, 0.05) is 0 Å². The molecular weight excluding hydrogens is 486 g/mol. The van der Waals surface area contributed by atoms with E-state index in [4.69, 9.17) is 15.0 Å². The van der Waals surface area contributed by atoms with E-state index in [1.165, 1.54) is 73.6 Å². The van der Waals surface area contributed by atoms with E-state index in [2.05, 4.69) is 96.1 Å². The van der Waals surface area contributed by atoms with Crippen LogP contribution in [-0.4, -0.2) is 16.4 Å². The Hall–Kier alpha value is -3.07. The SMILES string of the molecule is CCCCc1cccc(CCCC)c1N=C(C)c1cccc(C(C)=Nc2c(CCCC)cccc2CCCC)n1. The van der Waals surface area contributed by atoms with Crippen molar-refractivity contribution in [2.75, 3.05) is 0 Å². The Labute approximate surface area is 244 Å². The Morgan fingerprint density at radius 2 is 0.800 bits per heavy atom. The summed E-state index contributed by atoms with van der Waals surface area (Å²) in [6.07, 6.45) is 13.8. The molecule has 3 aromatic rings. The van der Waals surface area contributed by atoms with Gasteiger partial charge in [-0.05, 0) is 99.6 Å². The van der Waals surface area contributed by atoms with Crippen LogP contribution in [0.25, 0.3) is 0 Å². The smallest absolute Gasteiger partial charge is 0.0849 e. The predicted molar refractivity (Wildman–Crippen MR) is 175 cm³/mol. The number of aromatic nitrogens is 1.